The maximum atomic E-state index is 12.9. The van der Waals surface area contributed by atoms with Crippen LogP contribution in [0, 0.1) is 0 Å². The molecule has 1 saturated heterocycles. The molecule has 4 amide bonds. The molecule has 3 rings (SSSR count). The van der Waals surface area contributed by atoms with E-state index < -0.39 is 17.5 Å². The first-order valence-corrected chi connectivity index (χ1v) is 10.1. The standard InChI is InChI=1S/C23H27N3O3/c1-3-14-23(15-4-2)21(28)26(22(29)25-23)16-20(27)24-19-12-10-18(11-13-19)17-8-6-5-7-9-17/h5-13H,3-4,14-16H2,1-2H3,(H,24,27)(H,25,29). The summed E-state index contributed by atoms with van der Waals surface area (Å²) in [6.07, 6.45) is 2.70. The van der Waals surface area contributed by atoms with Gasteiger partial charge in [0.05, 0.1) is 0 Å². The van der Waals surface area contributed by atoms with Crippen molar-refractivity contribution < 1.29 is 14.4 Å². The van der Waals surface area contributed by atoms with E-state index >= 15 is 0 Å². The Labute approximate surface area is 171 Å². The van der Waals surface area contributed by atoms with Crippen molar-refractivity contribution >= 4 is 23.5 Å². The van der Waals surface area contributed by atoms with Crippen LogP contribution in [0.1, 0.15) is 39.5 Å². The molecular weight excluding hydrogens is 366 g/mol. The van der Waals surface area contributed by atoms with E-state index in [0.717, 1.165) is 28.9 Å². The average Bonchev–Trinajstić information content (AvgIpc) is 2.94. The first kappa shape index (κ1) is 20.6. The molecule has 0 aromatic heterocycles. The van der Waals surface area contributed by atoms with E-state index in [0.29, 0.717) is 18.5 Å². The number of urea groups is 1. The van der Waals surface area contributed by atoms with Gasteiger partial charge in [-0.3, -0.25) is 14.5 Å². The Morgan fingerprint density at radius 2 is 1.52 bits per heavy atom. The summed E-state index contributed by atoms with van der Waals surface area (Å²) in [6, 6.07) is 16.9. The quantitative estimate of drug-likeness (QED) is 0.660. The van der Waals surface area contributed by atoms with Gasteiger partial charge in [0.15, 0.2) is 0 Å². The number of anilines is 1. The molecular formula is C23H27N3O3. The van der Waals surface area contributed by atoms with Gasteiger partial charge in [-0.25, -0.2) is 4.79 Å². The van der Waals surface area contributed by atoms with Gasteiger partial charge in [-0.1, -0.05) is 69.2 Å². The molecule has 1 heterocycles. The van der Waals surface area contributed by atoms with Gasteiger partial charge in [-0.2, -0.15) is 0 Å². The van der Waals surface area contributed by atoms with Crippen LogP contribution in [0.5, 0.6) is 0 Å². The van der Waals surface area contributed by atoms with Crippen LogP contribution in [0.15, 0.2) is 54.6 Å². The SMILES string of the molecule is CCCC1(CCC)NC(=O)N(CC(=O)Nc2ccc(-c3ccccc3)cc2)C1=O. The largest absolute Gasteiger partial charge is 0.325 e. The third kappa shape index (κ3) is 4.47. The number of rotatable bonds is 8. The van der Waals surface area contributed by atoms with Gasteiger partial charge in [0, 0.05) is 5.69 Å². The minimum absolute atomic E-state index is 0.291. The van der Waals surface area contributed by atoms with Crippen molar-refractivity contribution in [2.75, 3.05) is 11.9 Å². The fourth-order valence-electron chi connectivity index (χ4n) is 3.86. The minimum atomic E-state index is -0.877. The molecule has 0 atom stereocenters. The van der Waals surface area contributed by atoms with Crippen molar-refractivity contribution in [3.05, 3.63) is 54.6 Å². The monoisotopic (exact) mass is 393 g/mol. The summed E-state index contributed by atoms with van der Waals surface area (Å²) in [6.45, 7) is 3.66. The first-order chi connectivity index (χ1) is 14.0. The predicted molar refractivity (Wildman–Crippen MR) is 113 cm³/mol. The molecule has 6 nitrogen and oxygen atoms in total. The molecule has 0 saturated carbocycles. The number of nitrogens with zero attached hydrogens (tertiary/aromatic N) is 1. The Hall–Kier alpha value is -3.15. The van der Waals surface area contributed by atoms with Gasteiger partial charge in [0.2, 0.25) is 5.91 Å². The maximum Gasteiger partial charge on any atom is 0.325 e. The summed E-state index contributed by atoms with van der Waals surface area (Å²) in [7, 11) is 0. The number of nitrogens with one attached hydrogen (secondary N) is 2. The van der Waals surface area contributed by atoms with E-state index in [2.05, 4.69) is 10.6 Å². The molecule has 6 heteroatoms. The van der Waals surface area contributed by atoms with Gasteiger partial charge in [-0.15, -0.1) is 0 Å². The fourth-order valence-corrected chi connectivity index (χ4v) is 3.86. The zero-order valence-electron chi connectivity index (χ0n) is 16.9. The van der Waals surface area contributed by atoms with E-state index in [1.807, 2.05) is 68.4 Å². The Kier molecular flexibility index (Phi) is 6.32. The summed E-state index contributed by atoms with van der Waals surface area (Å²) in [5.74, 6) is -0.703. The molecule has 2 aromatic carbocycles. The highest BCUT2D eigenvalue weighted by Crippen LogP contribution is 2.28. The maximum absolute atomic E-state index is 12.9. The van der Waals surface area contributed by atoms with Crippen LogP contribution in [0.25, 0.3) is 11.1 Å². The Bertz CT molecular complexity index is 872. The summed E-state index contributed by atoms with van der Waals surface area (Å²) < 4.78 is 0. The average molecular weight is 393 g/mol. The molecule has 1 aliphatic heterocycles. The van der Waals surface area contributed by atoms with Crippen LogP contribution >= 0.6 is 0 Å². The number of benzene rings is 2. The zero-order valence-corrected chi connectivity index (χ0v) is 16.9. The van der Waals surface area contributed by atoms with Crippen LogP contribution in [-0.4, -0.2) is 34.8 Å². The van der Waals surface area contributed by atoms with Crippen molar-refractivity contribution in [3.63, 3.8) is 0 Å². The highest BCUT2D eigenvalue weighted by atomic mass is 16.2. The van der Waals surface area contributed by atoms with E-state index in [-0.39, 0.29) is 12.5 Å². The minimum Gasteiger partial charge on any atom is -0.325 e. The summed E-state index contributed by atoms with van der Waals surface area (Å²) in [5.41, 5.74) is 1.88. The third-order valence-electron chi connectivity index (χ3n) is 5.18. The zero-order chi connectivity index (χ0) is 20.9. The van der Waals surface area contributed by atoms with Crippen LogP contribution < -0.4 is 10.6 Å². The number of amides is 4. The molecule has 0 radical (unpaired) electrons. The normalized spacial score (nSPS) is 15.3. The summed E-state index contributed by atoms with van der Waals surface area (Å²) >= 11 is 0. The number of carbonyl (C=O) groups excluding carboxylic acids is 3. The molecule has 0 unspecified atom stereocenters. The second-order valence-electron chi connectivity index (χ2n) is 7.40. The Morgan fingerprint density at radius 1 is 0.931 bits per heavy atom. The molecule has 0 aliphatic carbocycles. The second-order valence-corrected chi connectivity index (χ2v) is 7.40. The molecule has 29 heavy (non-hydrogen) atoms. The van der Waals surface area contributed by atoms with Crippen LogP contribution in [-0.2, 0) is 9.59 Å². The van der Waals surface area contributed by atoms with Crippen LogP contribution in [0.4, 0.5) is 10.5 Å². The predicted octanol–water partition coefficient (Wildman–Crippen LogP) is 4.18. The highest BCUT2D eigenvalue weighted by molar-refractivity contribution is 6.10. The lowest BCUT2D eigenvalue weighted by atomic mass is 9.88. The third-order valence-corrected chi connectivity index (χ3v) is 5.18. The Morgan fingerprint density at radius 3 is 2.10 bits per heavy atom. The lowest BCUT2D eigenvalue weighted by Gasteiger charge is -2.25. The Balaban J connectivity index is 1.64. The molecule has 0 spiro atoms. The van der Waals surface area contributed by atoms with Gasteiger partial charge in [0.25, 0.3) is 5.91 Å². The highest BCUT2D eigenvalue weighted by Gasteiger charge is 2.50. The smallest absolute Gasteiger partial charge is 0.325 e. The van der Waals surface area contributed by atoms with E-state index in [9.17, 15) is 14.4 Å². The lowest BCUT2D eigenvalue weighted by Crippen LogP contribution is -2.47. The lowest BCUT2D eigenvalue weighted by molar-refractivity contribution is -0.134. The number of imide groups is 1. The first-order valence-electron chi connectivity index (χ1n) is 10.1. The van der Waals surface area contributed by atoms with Crippen molar-refractivity contribution in [1.82, 2.24) is 10.2 Å². The van der Waals surface area contributed by atoms with Gasteiger partial charge < -0.3 is 10.6 Å². The number of carbonyl (C=O) groups is 3. The molecule has 152 valence electrons. The van der Waals surface area contributed by atoms with Crippen molar-refractivity contribution in [3.8, 4) is 11.1 Å². The van der Waals surface area contributed by atoms with Gasteiger partial charge >= 0.3 is 6.03 Å². The van der Waals surface area contributed by atoms with Gasteiger partial charge in [-0.05, 0) is 36.1 Å². The summed E-state index contributed by atoms with van der Waals surface area (Å²) in [5, 5.41) is 5.59. The van der Waals surface area contributed by atoms with Crippen LogP contribution in [0.2, 0.25) is 0 Å². The number of hydrogen-bond acceptors (Lipinski definition) is 3. The molecule has 1 fully saturated rings. The van der Waals surface area contributed by atoms with Gasteiger partial charge in [0.1, 0.15) is 12.1 Å². The summed E-state index contributed by atoms with van der Waals surface area (Å²) in [4.78, 5) is 38.7. The number of hydrogen-bond donors (Lipinski definition) is 2. The molecule has 0 bridgehead atoms. The van der Waals surface area contributed by atoms with Crippen molar-refractivity contribution in [1.29, 1.82) is 0 Å². The van der Waals surface area contributed by atoms with E-state index in [4.69, 9.17) is 0 Å². The fraction of sp³-hybridized carbons (Fsp3) is 0.348. The second kappa shape index (κ2) is 8.90. The van der Waals surface area contributed by atoms with Crippen molar-refractivity contribution in [2.45, 2.75) is 45.1 Å². The molecule has 2 N–H and O–H groups in total. The van der Waals surface area contributed by atoms with E-state index in [1.54, 1.807) is 0 Å². The van der Waals surface area contributed by atoms with E-state index in [1.165, 1.54) is 0 Å². The topological polar surface area (TPSA) is 78.5 Å². The van der Waals surface area contributed by atoms with Crippen molar-refractivity contribution in [2.24, 2.45) is 0 Å². The molecule has 1 aliphatic rings. The molecule has 2 aromatic rings. The van der Waals surface area contributed by atoms with Crippen LogP contribution in [0.3, 0.4) is 0 Å².